The minimum Gasteiger partial charge on any atom is -0.444 e. The Labute approximate surface area is 130 Å². The zero-order valence-corrected chi connectivity index (χ0v) is 13.6. The quantitative estimate of drug-likeness (QED) is 0.830. The van der Waals surface area contributed by atoms with Crippen molar-refractivity contribution < 1.29 is 22.5 Å². The van der Waals surface area contributed by atoms with Crippen molar-refractivity contribution >= 4 is 16.2 Å². The smallest absolute Gasteiger partial charge is 0.410 e. The van der Waals surface area contributed by atoms with Crippen molar-refractivity contribution in [2.45, 2.75) is 37.5 Å². The minimum absolute atomic E-state index is 0.0965. The summed E-state index contributed by atoms with van der Waals surface area (Å²) in [6.45, 7) is 5.29. The highest BCUT2D eigenvalue weighted by molar-refractivity contribution is 7.86. The van der Waals surface area contributed by atoms with Gasteiger partial charge in [0.25, 0.3) is 10.1 Å². The first-order valence-electron chi connectivity index (χ1n) is 6.92. The second-order valence-electron chi connectivity index (χ2n) is 6.33. The van der Waals surface area contributed by atoms with E-state index in [1.807, 2.05) is 0 Å². The van der Waals surface area contributed by atoms with E-state index in [9.17, 15) is 17.8 Å². The van der Waals surface area contributed by atoms with Crippen LogP contribution in [0, 0.1) is 0 Å². The van der Waals surface area contributed by atoms with Crippen molar-refractivity contribution in [2.24, 2.45) is 0 Å². The Hall–Kier alpha value is -1.67. The van der Waals surface area contributed by atoms with Gasteiger partial charge in [-0.2, -0.15) is 8.42 Å². The molecular weight excluding hydrogens is 308 g/mol. The van der Waals surface area contributed by atoms with Gasteiger partial charge >= 0.3 is 6.09 Å². The molecule has 1 saturated heterocycles. The Morgan fingerprint density at radius 3 is 2.41 bits per heavy atom. The maximum absolute atomic E-state index is 12.1. The third kappa shape index (κ3) is 3.95. The van der Waals surface area contributed by atoms with Crippen molar-refractivity contribution in [1.82, 2.24) is 9.88 Å². The molecule has 2 heterocycles. The van der Waals surface area contributed by atoms with E-state index in [0.29, 0.717) is 5.56 Å². The number of likely N-dealkylation sites (tertiary alicyclic amines) is 1. The van der Waals surface area contributed by atoms with E-state index in [1.54, 1.807) is 45.3 Å². The van der Waals surface area contributed by atoms with Gasteiger partial charge in [-0.1, -0.05) is 0 Å². The van der Waals surface area contributed by atoms with E-state index in [-0.39, 0.29) is 13.1 Å². The molecule has 122 valence electrons. The lowest BCUT2D eigenvalue weighted by Crippen LogP contribution is -2.36. The highest BCUT2D eigenvalue weighted by Crippen LogP contribution is 2.32. The standard InChI is InChI=1S/C14H20N2O5S/c1-14(2,3)21-13(17)16-8-11(10-4-6-15-7-5-10)12(9-16)22(18,19)20/h4-7,11-12H,8-9H2,1-3H3,(H,18,19,20). The summed E-state index contributed by atoms with van der Waals surface area (Å²) in [5.41, 5.74) is 0.0445. The highest BCUT2D eigenvalue weighted by atomic mass is 32.2. The Bertz CT molecular complexity index is 639. The highest BCUT2D eigenvalue weighted by Gasteiger charge is 2.44. The number of ether oxygens (including phenoxy) is 1. The molecule has 1 aliphatic rings. The van der Waals surface area contributed by atoms with Crippen LogP contribution in [0.4, 0.5) is 4.79 Å². The van der Waals surface area contributed by atoms with Gasteiger partial charge in [0.15, 0.2) is 0 Å². The molecule has 0 radical (unpaired) electrons. The summed E-state index contributed by atoms with van der Waals surface area (Å²) >= 11 is 0. The molecule has 0 spiro atoms. The van der Waals surface area contributed by atoms with Gasteiger partial charge < -0.3 is 9.64 Å². The number of amides is 1. The average Bonchev–Trinajstić information content (AvgIpc) is 2.82. The minimum atomic E-state index is -4.28. The maximum atomic E-state index is 12.1. The predicted octanol–water partition coefficient (Wildman–Crippen LogP) is 1.67. The maximum Gasteiger partial charge on any atom is 0.410 e. The second-order valence-corrected chi connectivity index (χ2v) is 7.96. The van der Waals surface area contributed by atoms with Gasteiger partial charge in [-0.15, -0.1) is 0 Å². The third-order valence-electron chi connectivity index (χ3n) is 3.43. The van der Waals surface area contributed by atoms with E-state index >= 15 is 0 Å². The lowest BCUT2D eigenvalue weighted by atomic mass is 9.99. The molecule has 22 heavy (non-hydrogen) atoms. The molecule has 0 aromatic carbocycles. The Morgan fingerprint density at radius 1 is 1.32 bits per heavy atom. The summed E-state index contributed by atoms with van der Waals surface area (Å²) in [7, 11) is -4.28. The normalized spacial score (nSPS) is 22.6. The first kappa shape index (κ1) is 16.7. The van der Waals surface area contributed by atoms with Crippen LogP contribution >= 0.6 is 0 Å². The van der Waals surface area contributed by atoms with Gasteiger partial charge in [-0.25, -0.2) is 4.79 Å². The first-order chi connectivity index (χ1) is 10.1. The number of hydrogen-bond donors (Lipinski definition) is 1. The molecule has 1 aliphatic heterocycles. The number of carbonyl (C=O) groups is 1. The zero-order valence-electron chi connectivity index (χ0n) is 12.8. The van der Waals surface area contributed by atoms with E-state index in [0.717, 1.165) is 0 Å². The Kier molecular flexibility index (Phi) is 4.44. The van der Waals surface area contributed by atoms with Crippen LogP contribution in [0.15, 0.2) is 24.5 Å². The van der Waals surface area contributed by atoms with Crippen molar-refractivity contribution in [1.29, 1.82) is 0 Å². The number of aromatic nitrogens is 1. The Balaban J connectivity index is 2.24. The van der Waals surface area contributed by atoms with Gasteiger partial charge in [0, 0.05) is 31.4 Å². The topological polar surface area (TPSA) is 96.8 Å². The van der Waals surface area contributed by atoms with Crippen LogP contribution in [0.3, 0.4) is 0 Å². The molecule has 0 bridgehead atoms. The van der Waals surface area contributed by atoms with Crippen molar-refractivity contribution in [3.05, 3.63) is 30.1 Å². The SMILES string of the molecule is CC(C)(C)OC(=O)N1CC(c2ccncc2)C(S(=O)(=O)O)C1. The molecule has 0 saturated carbocycles. The van der Waals surface area contributed by atoms with Crippen LogP contribution in [0.25, 0.3) is 0 Å². The lowest BCUT2D eigenvalue weighted by Gasteiger charge is -2.24. The van der Waals surface area contributed by atoms with Gasteiger partial charge in [0.05, 0.1) is 0 Å². The number of rotatable bonds is 2. The molecule has 2 atom stereocenters. The molecule has 2 rings (SSSR count). The molecular formula is C14H20N2O5S. The van der Waals surface area contributed by atoms with Crippen LogP contribution in [-0.2, 0) is 14.9 Å². The summed E-state index contributed by atoms with van der Waals surface area (Å²) in [5, 5.41) is -1.07. The van der Waals surface area contributed by atoms with Crippen LogP contribution in [0.5, 0.6) is 0 Å². The third-order valence-corrected chi connectivity index (χ3v) is 4.68. The molecule has 1 N–H and O–H groups in total. The fraction of sp³-hybridized carbons (Fsp3) is 0.571. The molecule has 7 nitrogen and oxygen atoms in total. The number of hydrogen-bond acceptors (Lipinski definition) is 5. The fourth-order valence-electron chi connectivity index (χ4n) is 2.48. The lowest BCUT2D eigenvalue weighted by molar-refractivity contribution is 0.0293. The van der Waals surface area contributed by atoms with Crippen LogP contribution < -0.4 is 0 Å². The molecule has 1 fully saturated rings. The summed E-state index contributed by atoms with van der Waals surface area (Å²) in [5.74, 6) is -0.509. The second kappa shape index (κ2) is 5.85. The predicted molar refractivity (Wildman–Crippen MR) is 80.1 cm³/mol. The van der Waals surface area contributed by atoms with Crippen molar-refractivity contribution in [3.8, 4) is 0 Å². The molecule has 8 heteroatoms. The average molecular weight is 328 g/mol. The van der Waals surface area contributed by atoms with Gasteiger partial charge in [0.1, 0.15) is 10.9 Å². The molecule has 1 aromatic heterocycles. The van der Waals surface area contributed by atoms with Crippen LogP contribution in [0.2, 0.25) is 0 Å². The Morgan fingerprint density at radius 2 is 1.91 bits per heavy atom. The number of nitrogens with zero attached hydrogens (tertiary/aromatic N) is 2. The number of carbonyl (C=O) groups excluding carboxylic acids is 1. The summed E-state index contributed by atoms with van der Waals surface area (Å²) in [6.07, 6.45) is 2.51. The molecule has 1 aromatic rings. The molecule has 2 unspecified atom stereocenters. The number of pyridine rings is 1. The van der Waals surface area contributed by atoms with Crippen molar-refractivity contribution in [2.75, 3.05) is 13.1 Å². The van der Waals surface area contributed by atoms with Crippen LogP contribution in [-0.4, -0.2) is 52.9 Å². The van der Waals surface area contributed by atoms with E-state index < -0.39 is 33.0 Å². The van der Waals surface area contributed by atoms with Gasteiger partial charge in [-0.3, -0.25) is 9.54 Å². The fourth-order valence-corrected chi connectivity index (χ4v) is 3.51. The van der Waals surface area contributed by atoms with Crippen LogP contribution in [0.1, 0.15) is 32.3 Å². The van der Waals surface area contributed by atoms with E-state index in [1.165, 1.54) is 4.90 Å². The zero-order chi connectivity index (χ0) is 16.5. The van der Waals surface area contributed by atoms with Gasteiger partial charge in [0.2, 0.25) is 0 Å². The van der Waals surface area contributed by atoms with E-state index in [2.05, 4.69) is 4.98 Å². The molecule has 0 aliphatic carbocycles. The summed E-state index contributed by atoms with van der Waals surface area (Å²) in [4.78, 5) is 17.3. The van der Waals surface area contributed by atoms with Gasteiger partial charge in [-0.05, 0) is 38.5 Å². The largest absolute Gasteiger partial charge is 0.444 e. The first-order valence-corrected chi connectivity index (χ1v) is 8.42. The molecule has 1 amide bonds. The summed E-state index contributed by atoms with van der Waals surface area (Å²) < 4.78 is 38.0. The monoisotopic (exact) mass is 328 g/mol. The summed E-state index contributed by atoms with van der Waals surface area (Å²) in [6, 6.07) is 3.36. The van der Waals surface area contributed by atoms with E-state index in [4.69, 9.17) is 4.74 Å². The van der Waals surface area contributed by atoms with Crippen molar-refractivity contribution in [3.63, 3.8) is 0 Å².